The number of nitrogens with zero attached hydrogens (tertiary/aromatic N) is 4. The number of fused-ring (bicyclic) bond motifs is 1. The van der Waals surface area contributed by atoms with Crippen molar-refractivity contribution in [3.63, 3.8) is 0 Å². The zero-order valence-corrected chi connectivity index (χ0v) is 16.8. The molecule has 0 bridgehead atoms. The molecule has 0 amide bonds. The van der Waals surface area contributed by atoms with Crippen molar-refractivity contribution in [3.05, 3.63) is 53.1 Å². The number of hydrogen-bond donors (Lipinski definition) is 1. The lowest BCUT2D eigenvalue weighted by molar-refractivity contribution is 0.0257. The molecule has 1 saturated heterocycles. The molecular weight excluding hydrogens is 417 g/mol. The second-order valence-electron chi connectivity index (χ2n) is 7.67. The molecule has 2 aromatic heterocycles. The second kappa shape index (κ2) is 7.90. The van der Waals surface area contributed by atoms with E-state index in [1.54, 1.807) is 24.8 Å². The summed E-state index contributed by atoms with van der Waals surface area (Å²) < 4.78 is 67.9. The Labute approximate surface area is 175 Å². The Bertz CT molecular complexity index is 1120. The number of benzene rings is 1. The maximum atomic E-state index is 14.5. The summed E-state index contributed by atoms with van der Waals surface area (Å²) in [5.74, 6) is -3.49. The number of aromatic nitrogens is 3. The summed E-state index contributed by atoms with van der Waals surface area (Å²) in [6.07, 6.45) is -1.66. The fourth-order valence-electron chi connectivity index (χ4n) is 3.74. The molecule has 1 aliphatic heterocycles. The predicted molar refractivity (Wildman–Crippen MR) is 107 cm³/mol. The predicted octanol–water partition coefficient (Wildman–Crippen LogP) is 5.43. The summed E-state index contributed by atoms with van der Waals surface area (Å²) in [7, 11) is 0. The van der Waals surface area contributed by atoms with E-state index >= 15 is 0 Å². The molecule has 1 fully saturated rings. The third-order valence-electron chi connectivity index (χ3n) is 5.42. The van der Waals surface area contributed by atoms with Gasteiger partial charge in [-0.2, -0.15) is 5.10 Å². The molecule has 3 aromatic rings. The van der Waals surface area contributed by atoms with Crippen LogP contribution >= 0.6 is 0 Å². The highest BCUT2D eigenvalue weighted by Crippen LogP contribution is 2.34. The van der Waals surface area contributed by atoms with Gasteiger partial charge in [-0.25, -0.2) is 22.0 Å². The number of anilines is 2. The first-order valence-corrected chi connectivity index (χ1v) is 9.75. The Kier molecular flexibility index (Phi) is 5.40. The highest BCUT2D eigenvalue weighted by molar-refractivity contribution is 5.92. The standard InChI is InChI=1S/C21H20F5N5/c1-11(14-4-3-5-15(17(14)22)19(23)24)28-20-16-8-13(31-7-6-21(25,26)10-31)9-27-18(16)12(2)29-30-20/h3-5,8-9,11,19H,6-7,10H2,1-2H3,(H,28,30). The van der Waals surface area contributed by atoms with E-state index in [1.807, 2.05) is 0 Å². The van der Waals surface area contributed by atoms with Gasteiger partial charge in [0.1, 0.15) is 5.82 Å². The molecule has 0 spiro atoms. The number of pyridine rings is 1. The van der Waals surface area contributed by atoms with E-state index < -0.39 is 36.3 Å². The molecule has 1 atom stereocenters. The van der Waals surface area contributed by atoms with Gasteiger partial charge in [-0.3, -0.25) is 4.98 Å². The molecule has 5 nitrogen and oxygen atoms in total. The van der Waals surface area contributed by atoms with E-state index in [2.05, 4.69) is 20.5 Å². The minimum absolute atomic E-state index is 0.0524. The lowest BCUT2D eigenvalue weighted by Gasteiger charge is -2.20. The second-order valence-corrected chi connectivity index (χ2v) is 7.67. The quantitative estimate of drug-likeness (QED) is 0.540. The SMILES string of the molecule is Cc1nnc(NC(C)c2cccc(C(F)F)c2F)c2cc(N3CCC(F)(F)C3)cnc12. The first-order chi connectivity index (χ1) is 14.7. The first-order valence-electron chi connectivity index (χ1n) is 9.75. The Hall–Kier alpha value is -3.04. The Morgan fingerprint density at radius 3 is 2.58 bits per heavy atom. The third kappa shape index (κ3) is 4.11. The molecule has 4 rings (SSSR count). The van der Waals surface area contributed by atoms with Crippen molar-refractivity contribution < 1.29 is 22.0 Å². The molecule has 1 aromatic carbocycles. The number of rotatable bonds is 5. The Morgan fingerprint density at radius 2 is 1.90 bits per heavy atom. The van der Waals surface area contributed by atoms with E-state index in [-0.39, 0.29) is 24.3 Å². The van der Waals surface area contributed by atoms with Crippen LogP contribution in [0.5, 0.6) is 0 Å². The summed E-state index contributed by atoms with van der Waals surface area (Å²) in [6.45, 7) is 3.12. The van der Waals surface area contributed by atoms with Crippen LogP contribution in [-0.2, 0) is 0 Å². The molecule has 1 unspecified atom stereocenters. The number of aryl methyl sites for hydroxylation is 1. The number of nitrogens with one attached hydrogen (secondary N) is 1. The van der Waals surface area contributed by atoms with Crippen LogP contribution in [-0.4, -0.2) is 34.2 Å². The zero-order chi connectivity index (χ0) is 22.3. The molecular formula is C21H20F5N5. The van der Waals surface area contributed by atoms with Crippen LogP contribution in [0.2, 0.25) is 0 Å². The molecule has 0 radical (unpaired) electrons. The van der Waals surface area contributed by atoms with Crippen LogP contribution in [0.4, 0.5) is 33.5 Å². The van der Waals surface area contributed by atoms with E-state index in [0.29, 0.717) is 22.3 Å². The Balaban J connectivity index is 1.70. The number of alkyl halides is 4. The van der Waals surface area contributed by atoms with Gasteiger partial charge in [-0.1, -0.05) is 18.2 Å². The average molecular weight is 437 g/mol. The molecule has 1 N–H and O–H groups in total. The Morgan fingerprint density at radius 1 is 1.16 bits per heavy atom. The number of halogens is 5. The maximum Gasteiger partial charge on any atom is 0.266 e. The van der Waals surface area contributed by atoms with Crippen molar-refractivity contribution in [3.8, 4) is 0 Å². The van der Waals surface area contributed by atoms with Crippen LogP contribution in [0, 0.1) is 12.7 Å². The third-order valence-corrected chi connectivity index (χ3v) is 5.42. The molecule has 0 aliphatic carbocycles. The summed E-state index contributed by atoms with van der Waals surface area (Å²) in [5.41, 5.74) is 0.943. The number of hydrogen-bond acceptors (Lipinski definition) is 5. The van der Waals surface area contributed by atoms with Gasteiger partial charge in [0.2, 0.25) is 0 Å². The lowest BCUT2D eigenvalue weighted by atomic mass is 10.0. The van der Waals surface area contributed by atoms with Crippen molar-refractivity contribution in [2.75, 3.05) is 23.3 Å². The van der Waals surface area contributed by atoms with Crippen LogP contribution in [0.25, 0.3) is 10.9 Å². The van der Waals surface area contributed by atoms with E-state index in [0.717, 1.165) is 6.07 Å². The van der Waals surface area contributed by atoms with Gasteiger partial charge in [0, 0.05) is 23.9 Å². The molecule has 31 heavy (non-hydrogen) atoms. The van der Waals surface area contributed by atoms with Gasteiger partial charge in [0.25, 0.3) is 12.3 Å². The van der Waals surface area contributed by atoms with Gasteiger partial charge >= 0.3 is 0 Å². The summed E-state index contributed by atoms with van der Waals surface area (Å²) in [6, 6.07) is 4.80. The monoisotopic (exact) mass is 437 g/mol. The van der Waals surface area contributed by atoms with Crippen molar-refractivity contribution in [2.24, 2.45) is 0 Å². The van der Waals surface area contributed by atoms with Gasteiger partial charge < -0.3 is 10.2 Å². The van der Waals surface area contributed by atoms with Crippen molar-refractivity contribution >= 4 is 22.4 Å². The van der Waals surface area contributed by atoms with Crippen molar-refractivity contribution in [2.45, 2.75) is 38.7 Å². The van der Waals surface area contributed by atoms with Gasteiger partial charge in [0.15, 0.2) is 5.82 Å². The topological polar surface area (TPSA) is 53.9 Å². The van der Waals surface area contributed by atoms with Gasteiger partial charge in [-0.05, 0) is 19.9 Å². The average Bonchev–Trinajstić information content (AvgIpc) is 3.09. The molecule has 3 heterocycles. The molecule has 164 valence electrons. The van der Waals surface area contributed by atoms with Gasteiger partial charge in [-0.15, -0.1) is 5.10 Å². The molecule has 10 heteroatoms. The van der Waals surface area contributed by atoms with E-state index in [4.69, 9.17) is 0 Å². The van der Waals surface area contributed by atoms with Crippen LogP contribution < -0.4 is 10.2 Å². The van der Waals surface area contributed by atoms with Gasteiger partial charge in [0.05, 0.1) is 41.2 Å². The summed E-state index contributed by atoms with van der Waals surface area (Å²) >= 11 is 0. The molecule has 1 aliphatic rings. The van der Waals surface area contributed by atoms with E-state index in [9.17, 15) is 22.0 Å². The minimum atomic E-state index is -2.93. The smallest absolute Gasteiger partial charge is 0.266 e. The zero-order valence-electron chi connectivity index (χ0n) is 16.8. The van der Waals surface area contributed by atoms with Crippen LogP contribution in [0.3, 0.4) is 0 Å². The normalized spacial score (nSPS) is 16.8. The fraction of sp³-hybridized carbons (Fsp3) is 0.381. The summed E-state index contributed by atoms with van der Waals surface area (Å²) in [5, 5.41) is 11.7. The van der Waals surface area contributed by atoms with Crippen LogP contribution in [0.15, 0.2) is 30.5 Å². The highest BCUT2D eigenvalue weighted by atomic mass is 19.3. The first kappa shape index (κ1) is 21.2. The van der Waals surface area contributed by atoms with Crippen molar-refractivity contribution in [1.29, 1.82) is 0 Å². The molecule has 0 saturated carbocycles. The largest absolute Gasteiger partial charge is 0.364 e. The summed E-state index contributed by atoms with van der Waals surface area (Å²) in [4.78, 5) is 5.91. The van der Waals surface area contributed by atoms with Crippen molar-refractivity contribution in [1.82, 2.24) is 15.2 Å². The van der Waals surface area contributed by atoms with Crippen LogP contribution in [0.1, 0.15) is 42.6 Å². The minimum Gasteiger partial charge on any atom is -0.364 e. The maximum absolute atomic E-state index is 14.5. The fourth-order valence-corrected chi connectivity index (χ4v) is 3.74. The highest BCUT2D eigenvalue weighted by Gasteiger charge is 2.38. The van der Waals surface area contributed by atoms with E-state index in [1.165, 1.54) is 18.3 Å². The lowest BCUT2D eigenvalue weighted by Crippen LogP contribution is -2.25.